The van der Waals surface area contributed by atoms with Crippen LogP contribution in [0, 0.1) is 47.0 Å². The van der Waals surface area contributed by atoms with E-state index in [0.717, 1.165) is 39.2 Å². The molecule has 2 heterocycles. The molecule has 82 heavy (non-hydrogen) atoms. The van der Waals surface area contributed by atoms with Gasteiger partial charge in [0, 0.05) is 29.6 Å². The number of nitrogens with one attached hydrogen (secondary N) is 2. The molecule has 1 unspecified atom stereocenters. The summed E-state index contributed by atoms with van der Waals surface area (Å²) in [5.41, 5.74) is 3.23. The molecule has 0 spiro atoms. The fourth-order valence-electron chi connectivity index (χ4n) is 10.7. The number of hydrogen-bond donors (Lipinski definition) is 8. The zero-order valence-electron chi connectivity index (χ0n) is 45.8. The van der Waals surface area contributed by atoms with E-state index in [1.807, 2.05) is 13.0 Å². The highest BCUT2D eigenvalue weighted by molar-refractivity contribution is 8.00. The summed E-state index contributed by atoms with van der Waals surface area (Å²) in [6.07, 6.45) is 6.20. The first-order valence-corrected chi connectivity index (χ1v) is 28.5. The van der Waals surface area contributed by atoms with Gasteiger partial charge >= 0.3 is 29.8 Å². The number of nitrogens with two attached hydrogens (primary N) is 1. The molecule has 9 rings (SSSR count). The number of thiol groups is 2. The number of ether oxygens (including phenoxy) is 5. The Kier molecular flexibility index (Phi) is 26.7. The number of amides is 2. The summed E-state index contributed by atoms with van der Waals surface area (Å²) in [5, 5.41) is 32.7. The van der Waals surface area contributed by atoms with Gasteiger partial charge in [-0.1, -0.05) is 56.3 Å². The Balaban J connectivity index is 0.000000240. The fourth-order valence-corrected chi connectivity index (χ4v) is 12.8. The van der Waals surface area contributed by atoms with E-state index in [1.54, 1.807) is 6.07 Å². The number of carbonyl (C=O) groups excluding carboxylic acids is 8. The zero-order valence-corrected chi connectivity index (χ0v) is 49.1. The highest BCUT2D eigenvalue weighted by Gasteiger charge is 2.68. The van der Waals surface area contributed by atoms with E-state index < -0.39 is 99.7 Å². The van der Waals surface area contributed by atoms with Crippen LogP contribution in [0.1, 0.15) is 83.4 Å². The standard InChI is InChI=1S/C22H26FNO6S.C11H12FNO3S.C11H14O3.C7H4ClFO.C4H9NO2S.CH4O/c1-11-9-12-7-8-16-22(12,28)17(21(27)30-16)18(11)31-10-15(20(26)29-2)24-19(25)13-5-3-4-6-14(13)23;1-16-11(15)9(6-17)13-10(14)7-4-2-3-5-8(7)12;1-6-4-7-2-3-9-11(7,13)8(5-6)10(12)14-9;8-7(10)5-3-1-2-4-6(5)9;1-7-4(6)3(5)2-8;1-2/h3-6,11-12,15-18,28H,7-10H2,1-2H3,(H,24,25);2-5,9,17H,6H2,1H3,(H,13,14);5-7,9,13H,2-4H2,1H3;1-4H;3,8H,2,5H2,1H3;2H,1H3/t11-,12+,15-,16+,17?,18+,22+;9-;6-,7+,9+,11-;;3-;/m000.0./s1. The summed E-state index contributed by atoms with van der Waals surface area (Å²) in [6.45, 7) is 4.12. The summed E-state index contributed by atoms with van der Waals surface area (Å²) < 4.78 is 64.0. The Hall–Kier alpha value is -5.67. The molecular weight excluding hydrogens is 1160 g/mol. The smallest absolute Gasteiger partial charge is 0.337 e. The van der Waals surface area contributed by atoms with Crippen molar-refractivity contribution in [3.05, 3.63) is 119 Å². The molecule has 450 valence electrons. The van der Waals surface area contributed by atoms with E-state index in [-0.39, 0.29) is 63.3 Å². The monoisotopic (exact) mass is 1230 g/mol. The minimum atomic E-state index is -1.17. The van der Waals surface area contributed by atoms with Crippen LogP contribution in [0.2, 0.25) is 0 Å². The molecule has 2 amide bonds. The van der Waals surface area contributed by atoms with Crippen molar-refractivity contribution in [2.75, 3.05) is 45.7 Å². The van der Waals surface area contributed by atoms with Gasteiger partial charge in [-0.25, -0.2) is 27.6 Å². The third-order valence-electron chi connectivity index (χ3n) is 14.6. The number of thioether (sulfide) groups is 1. The highest BCUT2D eigenvalue weighted by Crippen LogP contribution is 2.58. The van der Waals surface area contributed by atoms with Crippen molar-refractivity contribution < 1.29 is 90.5 Å². The van der Waals surface area contributed by atoms with Crippen molar-refractivity contribution in [1.29, 1.82) is 0 Å². The fraction of sp³-hybridized carbons (Fsp3) is 0.500. The molecule has 19 nitrogen and oxygen atoms in total. The second kappa shape index (κ2) is 31.8. The Bertz CT molecular complexity index is 2790. The zero-order chi connectivity index (χ0) is 61.2. The van der Waals surface area contributed by atoms with E-state index in [0.29, 0.717) is 23.7 Å². The van der Waals surface area contributed by atoms with E-state index >= 15 is 0 Å². The van der Waals surface area contributed by atoms with Crippen LogP contribution in [0.15, 0.2) is 84.4 Å². The largest absolute Gasteiger partial charge is 0.468 e. The predicted molar refractivity (Wildman–Crippen MR) is 302 cm³/mol. The Morgan fingerprint density at radius 1 is 0.707 bits per heavy atom. The molecule has 3 aromatic carbocycles. The summed E-state index contributed by atoms with van der Waals surface area (Å²) >= 11 is 14.1. The molecule has 7 N–H and O–H groups in total. The van der Waals surface area contributed by atoms with Crippen LogP contribution in [0.5, 0.6) is 0 Å². The molecule has 13 atom stereocenters. The SMILES string of the molecule is CO.COC(=O)[C@@H](N)CS.COC(=O)[C@H](CS)NC(=O)c1ccccc1F.COC(=O)[C@H](CS[C@H]1C2C(=O)O[C@@H]3CC[C@H](C[C@@H]1C)[C@]23O)NC(=O)c1ccccc1F.C[C@@H]1C=C2C(=O)O[C@@H]3CC[C@H](C1)[C@]23O.O=C(Cl)c1ccccc1F. The van der Waals surface area contributed by atoms with Crippen molar-refractivity contribution in [2.24, 2.45) is 35.3 Å². The maximum atomic E-state index is 14.0. The topological polar surface area (TPSA) is 293 Å². The Labute approximate surface area is 493 Å². The van der Waals surface area contributed by atoms with Gasteiger partial charge in [-0.3, -0.25) is 24.0 Å². The third kappa shape index (κ3) is 16.4. The number of aliphatic hydroxyl groups is 3. The predicted octanol–water partition coefficient (Wildman–Crippen LogP) is 5.20. The Morgan fingerprint density at radius 3 is 1.65 bits per heavy atom. The molecule has 0 aromatic heterocycles. The van der Waals surface area contributed by atoms with Crippen molar-refractivity contribution in [2.45, 2.75) is 99.2 Å². The molecule has 5 fully saturated rings. The number of methoxy groups -OCH3 is 3. The molecule has 0 radical (unpaired) electrons. The number of carbonyl (C=O) groups is 8. The van der Waals surface area contributed by atoms with Crippen LogP contribution in [-0.4, -0.2) is 155 Å². The first kappa shape index (κ1) is 68.8. The minimum absolute atomic E-state index is 0.0259. The van der Waals surface area contributed by atoms with Gasteiger partial charge in [0.25, 0.3) is 17.1 Å². The normalized spacial score (nSPS) is 26.5. The van der Waals surface area contributed by atoms with Crippen molar-refractivity contribution in [3.63, 3.8) is 0 Å². The Morgan fingerprint density at radius 2 is 1.18 bits per heavy atom. The second-order valence-electron chi connectivity index (χ2n) is 19.7. The number of benzene rings is 3. The van der Waals surface area contributed by atoms with Crippen molar-refractivity contribution >= 4 is 95.5 Å². The number of hydrogen-bond acceptors (Lipinski definition) is 20. The lowest BCUT2D eigenvalue weighted by Gasteiger charge is -2.44. The van der Waals surface area contributed by atoms with Crippen molar-refractivity contribution in [3.8, 4) is 0 Å². The number of allylic oxidation sites excluding steroid dienone is 1. The molecule has 3 saturated carbocycles. The molecule has 4 aliphatic carbocycles. The lowest BCUT2D eigenvalue weighted by atomic mass is 9.66. The average molecular weight is 1230 g/mol. The van der Waals surface area contributed by atoms with E-state index in [9.17, 15) is 61.7 Å². The van der Waals surface area contributed by atoms with Crippen molar-refractivity contribution in [1.82, 2.24) is 10.6 Å². The molecule has 26 heteroatoms. The lowest BCUT2D eigenvalue weighted by Crippen LogP contribution is -2.56. The summed E-state index contributed by atoms with van der Waals surface area (Å²) in [5.74, 6) is -5.09. The van der Waals surface area contributed by atoms with Gasteiger partial charge in [0.2, 0.25) is 0 Å². The van der Waals surface area contributed by atoms with E-state index in [2.05, 4.69) is 52.3 Å². The molecule has 2 saturated heterocycles. The maximum Gasteiger partial charge on any atom is 0.337 e. The van der Waals surface area contributed by atoms with E-state index in [4.69, 9.17) is 36.7 Å². The number of halogens is 4. The molecular formula is C56H69ClF3N3O16S3. The van der Waals surface area contributed by atoms with Crippen LogP contribution in [0.4, 0.5) is 13.2 Å². The van der Waals surface area contributed by atoms with Crippen LogP contribution in [-0.2, 0) is 47.7 Å². The third-order valence-corrected chi connectivity index (χ3v) is 17.3. The van der Waals surface area contributed by atoms with Gasteiger partial charge in [0.1, 0.15) is 64.9 Å². The molecule has 0 bridgehead atoms. The number of esters is 5. The highest BCUT2D eigenvalue weighted by atomic mass is 35.5. The minimum Gasteiger partial charge on any atom is -0.468 e. The first-order chi connectivity index (χ1) is 38.9. The maximum absolute atomic E-state index is 14.0. The summed E-state index contributed by atoms with van der Waals surface area (Å²) in [7, 11) is 4.71. The summed E-state index contributed by atoms with van der Waals surface area (Å²) in [6, 6.07) is 14.1. The second-order valence-corrected chi connectivity index (χ2v) is 22.0. The molecule has 2 aliphatic heterocycles. The van der Waals surface area contributed by atoms with Gasteiger partial charge in [-0.2, -0.15) is 37.0 Å². The van der Waals surface area contributed by atoms with Crippen LogP contribution in [0.3, 0.4) is 0 Å². The average Bonchev–Trinajstić information content (AvgIpc) is 4.14. The summed E-state index contributed by atoms with van der Waals surface area (Å²) in [4.78, 5) is 92.5. The number of rotatable bonds is 13. The van der Waals surface area contributed by atoms with Gasteiger partial charge in [0.05, 0.1) is 43.6 Å². The molecule has 3 aromatic rings. The molecule has 6 aliphatic rings. The van der Waals surface area contributed by atoms with E-state index in [1.165, 1.54) is 99.8 Å². The lowest BCUT2D eigenvalue weighted by molar-refractivity contribution is -0.145. The first-order valence-electron chi connectivity index (χ1n) is 25.8. The van der Waals surface area contributed by atoms with Crippen LogP contribution < -0.4 is 16.4 Å². The van der Waals surface area contributed by atoms with Gasteiger partial charge in [-0.15, -0.1) is 0 Å². The van der Waals surface area contributed by atoms with Gasteiger partial charge in [-0.05, 0) is 110 Å². The van der Waals surface area contributed by atoms with Gasteiger partial charge in [0.15, 0.2) is 0 Å². The van der Waals surface area contributed by atoms with Crippen LogP contribution >= 0.6 is 48.6 Å². The van der Waals surface area contributed by atoms with Crippen LogP contribution in [0.25, 0.3) is 0 Å². The van der Waals surface area contributed by atoms with Gasteiger partial charge < -0.3 is 55.4 Å². The number of aliphatic hydroxyl groups excluding tert-OH is 1. The quantitative estimate of drug-likeness (QED) is 0.0472.